The van der Waals surface area contributed by atoms with E-state index in [1.54, 1.807) is 0 Å². The molecule has 4 bridgehead atoms. The number of aromatic nitrogens is 1. The number of rotatable bonds is 7. The van der Waals surface area contributed by atoms with Crippen molar-refractivity contribution in [2.75, 3.05) is 18.4 Å². The van der Waals surface area contributed by atoms with E-state index in [4.69, 9.17) is 11.6 Å². The Balaban J connectivity index is 1.13. The molecule has 6 rings (SSSR count). The summed E-state index contributed by atoms with van der Waals surface area (Å²) in [7, 11) is 0. The zero-order valence-corrected chi connectivity index (χ0v) is 17.6. The Morgan fingerprint density at radius 1 is 1.11 bits per heavy atom. The second-order valence-corrected chi connectivity index (χ2v) is 10.4. The van der Waals surface area contributed by atoms with Crippen molar-refractivity contribution in [2.45, 2.75) is 57.9 Å². The van der Waals surface area contributed by atoms with Crippen LogP contribution in [0.15, 0.2) is 30.5 Å². The standard InChI is InChI=1S/C24H32ClN3/c1-16(28-22-4-6-27-23-11-20(25)2-3-21(22)23)15-26-7-5-24-12-17-8-18(13-24)10-19(9-17)14-24/h2-4,6,11,16-19,26H,5,7-10,12-15H2,1H3,(H,27,28). The summed E-state index contributed by atoms with van der Waals surface area (Å²) in [6.45, 7) is 4.40. The summed E-state index contributed by atoms with van der Waals surface area (Å²) in [4.78, 5) is 4.44. The Hall–Kier alpha value is -1.32. The van der Waals surface area contributed by atoms with Crippen LogP contribution in [0, 0.1) is 23.2 Å². The van der Waals surface area contributed by atoms with Gasteiger partial charge in [0, 0.05) is 34.9 Å². The summed E-state index contributed by atoms with van der Waals surface area (Å²) >= 11 is 6.10. The highest BCUT2D eigenvalue weighted by molar-refractivity contribution is 6.31. The number of halogens is 1. The van der Waals surface area contributed by atoms with E-state index in [-0.39, 0.29) is 0 Å². The van der Waals surface area contributed by atoms with Crippen molar-refractivity contribution in [1.82, 2.24) is 10.3 Å². The summed E-state index contributed by atoms with van der Waals surface area (Å²) < 4.78 is 0. The predicted molar refractivity (Wildman–Crippen MR) is 118 cm³/mol. The molecule has 1 atom stereocenters. The number of pyridine rings is 1. The van der Waals surface area contributed by atoms with Crippen molar-refractivity contribution in [3.63, 3.8) is 0 Å². The lowest BCUT2D eigenvalue weighted by atomic mass is 9.49. The second kappa shape index (κ2) is 7.50. The lowest BCUT2D eigenvalue weighted by molar-refractivity contribution is -0.0567. The fourth-order valence-electron chi connectivity index (χ4n) is 6.83. The van der Waals surface area contributed by atoms with Crippen molar-refractivity contribution >= 4 is 28.2 Å². The Bertz CT molecular complexity index is 814. The smallest absolute Gasteiger partial charge is 0.0737 e. The van der Waals surface area contributed by atoms with Gasteiger partial charge in [0.2, 0.25) is 0 Å². The van der Waals surface area contributed by atoms with Gasteiger partial charge in [-0.05, 0) is 106 Å². The molecule has 4 aliphatic carbocycles. The molecule has 150 valence electrons. The van der Waals surface area contributed by atoms with E-state index >= 15 is 0 Å². The van der Waals surface area contributed by atoms with Crippen molar-refractivity contribution < 1.29 is 0 Å². The first-order valence-electron chi connectivity index (χ1n) is 11.1. The van der Waals surface area contributed by atoms with Gasteiger partial charge in [-0.15, -0.1) is 0 Å². The molecule has 3 nitrogen and oxygen atoms in total. The van der Waals surface area contributed by atoms with E-state index in [0.717, 1.165) is 52.5 Å². The Morgan fingerprint density at radius 2 is 1.82 bits per heavy atom. The van der Waals surface area contributed by atoms with Gasteiger partial charge in [0.25, 0.3) is 0 Å². The molecule has 1 aromatic heterocycles. The molecule has 4 heteroatoms. The molecule has 4 fully saturated rings. The second-order valence-electron chi connectivity index (χ2n) is 9.94. The summed E-state index contributed by atoms with van der Waals surface area (Å²) in [5.74, 6) is 3.17. The van der Waals surface area contributed by atoms with Gasteiger partial charge in [-0.3, -0.25) is 4.98 Å². The highest BCUT2D eigenvalue weighted by Gasteiger charge is 2.50. The molecule has 1 unspecified atom stereocenters. The van der Waals surface area contributed by atoms with Crippen molar-refractivity contribution in [1.29, 1.82) is 0 Å². The lowest BCUT2D eigenvalue weighted by Crippen LogP contribution is -2.47. The molecule has 0 saturated heterocycles. The van der Waals surface area contributed by atoms with Gasteiger partial charge in [0.05, 0.1) is 5.52 Å². The summed E-state index contributed by atoms with van der Waals surface area (Å²) in [6.07, 6.45) is 12.4. The van der Waals surface area contributed by atoms with Gasteiger partial charge in [-0.1, -0.05) is 11.6 Å². The number of nitrogens with zero attached hydrogens (tertiary/aromatic N) is 1. The molecule has 0 aliphatic heterocycles. The quantitative estimate of drug-likeness (QED) is 0.572. The highest BCUT2D eigenvalue weighted by Crippen LogP contribution is 2.61. The molecule has 2 aromatic rings. The maximum Gasteiger partial charge on any atom is 0.0737 e. The Labute approximate surface area is 173 Å². The molecular formula is C24H32ClN3. The minimum absolute atomic E-state index is 0.373. The number of hydrogen-bond acceptors (Lipinski definition) is 3. The van der Waals surface area contributed by atoms with Crippen LogP contribution in [0.2, 0.25) is 5.02 Å². The zero-order valence-electron chi connectivity index (χ0n) is 16.9. The first-order valence-corrected chi connectivity index (χ1v) is 11.5. The zero-order chi connectivity index (χ0) is 19.1. The first kappa shape index (κ1) is 18.7. The van der Waals surface area contributed by atoms with Crippen LogP contribution in [-0.2, 0) is 0 Å². The SMILES string of the molecule is CC(CNCCC12CC3CC(CC(C3)C1)C2)Nc1ccnc2cc(Cl)ccc12. The third-order valence-corrected chi connectivity index (χ3v) is 7.79. The molecule has 4 aliphatic rings. The summed E-state index contributed by atoms with van der Waals surface area (Å²) in [5, 5.41) is 9.26. The fraction of sp³-hybridized carbons (Fsp3) is 0.625. The van der Waals surface area contributed by atoms with Gasteiger partial charge in [-0.2, -0.15) is 0 Å². The van der Waals surface area contributed by atoms with Crippen molar-refractivity contribution in [2.24, 2.45) is 23.2 Å². The van der Waals surface area contributed by atoms with Gasteiger partial charge in [-0.25, -0.2) is 0 Å². The monoisotopic (exact) mass is 397 g/mol. The van der Waals surface area contributed by atoms with Gasteiger partial charge < -0.3 is 10.6 Å². The minimum Gasteiger partial charge on any atom is -0.381 e. The Kier molecular flexibility index (Phi) is 5.00. The molecular weight excluding hydrogens is 366 g/mol. The first-order chi connectivity index (χ1) is 13.6. The van der Waals surface area contributed by atoms with Crippen LogP contribution < -0.4 is 10.6 Å². The molecule has 28 heavy (non-hydrogen) atoms. The van der Waals surface area contributed by atoms with Crippen molar-refractivity contribution in [3.05, 3.63) is 35.5 Å². The molecule has 2 N–H and O–H groups in total. The third-order valence-electron chi connectivity index (χ3n) is 7.55. The largest absolute Gasteiger partial charge is 0.381 e. The van der Waals surface area contributed by atoms with Gasteiger partial charge >= 0.3 is 0 Å². The predicted octanol–water partition coefficient (Wildman–Crippen LogP) is 5.88. The van der Waals surface area contributed by atoms with Crippen LogP contribution in [0.3, 0.4) is 0 Å². The number of nitrogens with one attached hydrogen (secondary N) is 2. The summed E-state index contributed by atoms with van der Waals surface area (Å²) in [5.41, 5.74) is 2.76. The van der Waals surface area contributed by atoms with E-state index in [0.29, 0.717) is 11.5 Å². The maximum atomic E-state index is 6.10. The molecule has 1 aromatic carbocycles. The molecule has 0 amide bonds. The fourth-order valence-corrected chi connectivity index (χ4v) is 7.00. The van der Waals surface area contributed by atoms with E-state index in [1.807, 2.05) is 18.3 Å². The molecule has 4 saturated carbocycles. The number of fused-ring (bicyclic) bond motifs is 1. The highest BCUT2D eigenvalue weighted by atomic mass is 35.5. The topological polar surface area (TPSA) is 37.0 Å². The van der Waals surface area contributed by atoms with E-state index in [1.165, 1.54) is 44.9 Å². The third kappa shape index (κ3) is 3.76. The van der Waals surface area contributed by atoms with E-state index in [2.05, 4.69) is 34.7 Å². The molecule has 1 heterocycles. The van der Waals surface area contributed by atoms with Crippen LogP contribution in [-0.4, -0.2) is 24.1 Å². The molecule has 0 spiro atoms. The number of anilines is 1. The number of benzene rings is 1. The lowest BCUT2D eigenvalue weighted by Gasteiger charge is -2.57. The average molecular weight is 398 g/mol. The van der Waals surface area contributed by atoms with Gasteiger partial charge in [0.15, 0.2) is 0 Å². The van der Waals surface area contributed by atoms with Crippen LogP contribution >= 0.6 is 11.6 Å². The van der Waals surface area contributed by atoms with E-state index < -0.39 is 0 Å². The van der Waals surface area contributed by atoms with Crippen LogP contribution in [0.5, 0.6) is 0 Å². The summed E-state index contributed by atoms with van der Waals surface area (Å²) in [6, 6.07) is 8.35. The van der Waals surface area contributed by atoms with Crippen LogP contribution in [0.4, 0.5) is 5.69 Å². The number of hydrogen-bond donors (Lipinski definition) is 2. The van der Waals surface area contributed by atoms with Crippen LogP contribution in [0.1, 0.15) is 51.9 Å². The van der Waals surface area contributed by atoms with E-state index in [9.17, 15) is 0 Å². The average Bonchev–Trinajstić information content (AvgIpc) is 2.64. The van der Waals surface area contributed by atoms with Gasteiger partial charge in [0.1, 0.15) is 0 Å². The Morgan fingerprint density at radius 3 is 2.54 bits per heavy atom. The maximum absolute atomic E-state index is 6.10. The van der Waals surface area contributed by atoms with Crippen LogP contribution in [0.25, 0.3) is 10.9 Å². The normalized spacial score (nSPS) is 32.0. The minimum atomic E-state index is 0.373. The van der Waals surface area contributed by atoms with Crippen molar-refractivity contribution in [3.8, 4) is 0 Å². The molecule has 0 radical (unpaired) electrons.